The van der Waals surface area contributed by atoms with Crippen LogP contribution < -0.4 is 5.32 Å². The van der Waals surface area contributed by atoms with Crippen molar-refractivity contribution in [2.45, 2.75) is 23.8 Å². The number of halogens is 1. The zero-order chi connectivity index (χ0) is 13.0. The van der Waals surface area contributed by atoms with Crippen LogP contribution in [0.2, 0.25) is 5.02 Å². The third-order valence-corrected chi connectivity index (χ3v) is 3.60. The summed E-state index contributed by atoms with van der Waals surface area (Å²) in [6, 6.07) is 7.75. The molecule has 0 bridgehead atoms. The monoisotopic (exact) mass is 279 g/mol. The molecular weight excluding hydrogens is 266 g/mol. The van der Waals surface area contributed by atoms with E-state index in [1.165, 1.54) is 0 Å². The van der Waals surface area contributed by atoms with E-state index in [1.54, 1.807) is 11.8 Å². The van der Waals surface area contributed by atoms with E-state index in [-0.39, 0.29) is 0 Å². The molecule has 1 heterocycles. The summed E-state index contributed by atoms with van der Waals surface area (Å²) < 4.78 is 0. The summed E-state index contributed by atoms with van der Waals surface area (Å²) in [7, 11) is 0. The van der Waals surface area contributed by atoms with Crippen LogP contribution in [0.25, 0.3) is 0 Å². The first-order chi connectivity index (χ1) is 8.69. The van der Waals surface area contributed by atoms with Crippen LogP contribution in [-0.4, -0.2) is 16.5 Å². The van der Waals surface area contributed by atoms with Gasteiger partial charge in [-0.25, -0.2) is 9.97 Å². The third kappa shape index (κ3) is 3.37. The number of rotatable bonds is 4. The number of nitrogens with one attached hydrogen (secondary N) is 1. The summed E-state index contributed by atoms with van der Waals surface area (Å²) in [5, 5.41) is 4.79. The molecule has 0 amide bonds. The number of hydrogen-bond donors (Lipinski definition) is 1. The quantitative estimate of drug-likeness (QED) is 0.858. The second-order valence-electron chi connectivity index (χ2n) is 3.77. The molecule has 1 N–H and O–H groups in total. The van der Waals surface area contributed by atoms with Crippen LogP contribution in [0.4, 0.5) is 5.95 Å². The van der Waals surface area contributed by atoms with Gasteiger partial charge >= 0.3 is 0 Å². The first kappa shape index (κ1) is 13.2. The minimum Gasteiger partial charge on any atom is -0.354 e. The lowest BCUT2D eigenvalue weighted by Crippen LogP contribution is -2.03. The number of nitrogens with zero attached hydrogens (tertiary/aromatic N) is 2. The molecule has 0 unspecified atom stereocenters. The van der Waals surface area contributed by atoms with Crippen LogP contribution in [0, 0.1) is 6.92 Å². The Labute approximate surface area is 116 Å². The smallest absolute Gasteiger partial charge is 0.223 e. The first-order valence-corrected chi connectivity index (χ1v) is 6.89. The molecule has 94 valence electrons. The van der Waals surface area contributed by atoms with Crippen molar-refractivity contribution < 1.29 is 0 Å². The van der Waals surface area contributed by atoms with Crippen molar-refractivity contribution in [1.29, 1.82) is 0 Å². The van der Waals surface area contributed by atoms with Gasteiger partial charge in [0.15, 0.2) is 0 Å². The van der Waals surface area contributed by atoms with Crippen LogP contribution in [0.15, 0.2) is 40.4 Å². The molecular formula is C13H14ClN3S. The van der Waals surface area contributed by atoms with Crippen LogP contribution >= 0.6 is 23.4 Å². The predicted octanol–water partition coefficient (Wildman–Crippen LogP) is 4.02. The van der Waals surface area contributed by atoms with E-state index in [4.69, 9.17) is 11.6 Å². The van der Waals surface area contributed by atoms with Gasteiger partial charge in [-0.05, 0) is 32.0 Å². The molecule has 0 saturated heterocycles. The largest absolute Gasteiger partial charge is 0.354 e. The van der Waals surface area contributed by atoms with E-state index in [1.807, 2.05) is 44.3 Å². The fourth-order valence-electron chi connectivity index (χ4n) is 1.42. The molecule has 2 rings (SSSR count). The summed E-state index contributed by atoms with van der Waals surface area (Å²) in [6.45, 7) is 4.83. The lowest BCUT2D eigenvalue weighted by molar-refractivity contribution is 0.983. The van der Waals surface area contributed by atoms with Gasteiger partial charge in [0.25, 0.3) is 0 Å². The Balaban J connectivity index is 2.25. The van der Waals surface area contributed by atoms with E-state index in [9.17, 15) is 0 Å². The molecule has 0 aliphatic carbocycles. The average molecular weight is 280 g/mol. The maximum Gasteiger partial charge on any atom is 0.223 e. The van der Waals surface area contributed by atoms with Crippen LogP contribution in [0.1, 0.15) is 12.5 Å². The van der Waals surface area contributed by atoms with Crippen molar-refractivity contribution in [3.63, 3.8) is 0 Å². The highest BCUT2D eigenvalue weighted by molar-refractivity contribution is 7.99. The molecule has 0 aliphatic heterocycles. The Hall–Kier alpha value is -1.26. The minimum absolute atomic E-state index is 0.660. The Morgan fingerprint density at radius 3 is 2.94 bits per heavy atom. The molecule has 1 aromatic heterocycles. The standard InChI is InChI=1S/C13H14ClN3S/c1-3-15-13-16-8-9(2)12(17-13)18-11-6-4-5-10(14)7-11/h4-8H,3H2,1-2H3,(H,15,16,17). The van der Waals surface area contributed by atoms with Gasteiger partial charge in [0.1, 0.15) is 5.03 Å². The summed E-state index contributed by atoms with van der Waals surface area (Å²) in [5.41, 5.74) is 1.06. The minimum atomic E-state index is 0.660. The highest BCUT2D eigenvalue weighted by Crippen LogP contribution is 2.30. The third-order valence-electron chi connectivity index (χ3n) is 2.27. The molecule has 0 fully saturated rings. The maximum absolute atomic E-state index is 5.97. The zero-order valence-corrected chi connectivity index (χ0v) is 11.8. The summed E-state index contributed by atoms with van der Waals surface area (Å²) in [4.78, 5) is 9.79. The second-order valence-corrected chi connectivity index (χ2v) is 5.27. The molecule has 0 spiro atoms. The molecule has 2 aromatic rings. The van der Waals surface area contributed by atoms with Crippen LogP contribution in [0.3, 0.4) is 0 Å². The average Bonchev–Trinajstić information content (AvgIpc) is 2.34. The van der Waals surface area contributed by atoms with Gasteiger partial charge in [-0.15, -0.1) is 0 Å². The number of anilines is 1. The molecule has 18 heavy (non-hydrogen) atoms. The van der Waals surface area contributed by atoms with Crippen molar-refractivity contribution in [2.75, 3.05) is 11.9 Å². The Kier molecular flexibility index (Phi) is 4.44. The van der Waals surface area contributed by atoms with E-state index >= 15 is 0 Å². The molecule has 1 aromatic carbocycles. The number of aromatic nitrogens is 2. The molecule has 0 atom stereocenters. The predicted molar refractivity (Wildman–Crippen MR) is 76.5 cm³/mol. The SMILES string of the molecule is CCNc1ncc(C)c(Sc2cccc(Cl)c2)n1. The van der Waals surface area contributed by atoms with Gasteiger partial charge in [0.2, 0.25) is 5.95 Å². The van der Waals surface area contributed by atoms with Crippen molar-refractivity contribution in [1.82, 2.24) is 9.97 Å². The maximum atomic E-state index is 5.97. The molecule has 0 aliphatic rings. The normalized spacial score (nSPS) is 10.4. The van der Waals surface area contributed by atoms with Gasteiger partial charge in [-0.3, -0.25) is 0 Å². The highest BCUT2D eigenvalue weighted by Gasteiger charge is 2.06. The van der Waals surface area contributed by atoms with Gasteiger partial charge in [-0.2, -0.15) is 0 Å². The van der Waals surface area contributed by atoms with Crippen molar-refractivity contribution >= 4 is 29.3 Å². The molecule has 5 heteroatoms. The summed E-state index contributed by atoms with van der Waals surface area (Å²) in [5.74, 6) is 0.660. The lowest BCUT2D eigenvalue weighted by atomic mass is 10.4. The molecule has 0 radical (unpaired) electrons. The van der Waals surface area contributed by atoms with Crippen molar-refractivity contribution in [2.24, 2.45) is 0 Å². The summed E-state index contributed by atoms with van der Waals surface area (Å²) in [6.07, 6.45) is 1.83. The van der Waals surface area contributed by atoms with E-state index in [0.29, 0.717) is 5.95 Å². The first-order valence-electron chi connectivity index (χ1n) is 5.70. The fraction of sp³-hybridized carbons (Fsp3) is 0.231. The number of hydrogen-bond acceptors (Lipinski definition) is 4. The van der Waals surface area contributed by atoms with Gasteiger partial charge in [-0.1, -0.05) is 29.4 Å². The Morgan fingerprint density at radius 2 is 2.22 bits per heavy atom. The van der Waals surface area contributed by atoms with Crippen LogP contribution in [0.5, 0.6) is 0 Å². The Morgan fingerprint density at radius 1 is 1.39 bits per heavy atom. The van der Waals surface area contributed by atoms with Gasteiger partial charge in [0.05, 0.1) is 0 Å². The molecule has 0 saturated carbocycles. The van der Waals surface area contributed by atoms with Gasteiger partial charge < -0.3 is 5.32 Å². The van der Waals surface area contributed by atoms with Crippen molar-refractivity contribution in [3.05, 3.63) is 41.0 Å². The zero-order valence-electron chi connectivity index (χ0n) is 10.3. The summed E-state index contributed by atoms with van der Waals surface area (Å²) >= 11 is 7.57. The topological polar surface area (TPSA) is 37.8 Å². The van der Waals surface area contributed by atoms with Crippen LogP contribution in [-0.2, 0) is 0 Å². The lowest BCUT2D eigenvalue weighted by Gasteiger charge is -2.07. The fourth-order valence-corrected chi connectivity index (χ4v) is 2.57. The van der Waals surface area contributed by atoms with E-state index in [0.717, 1.165) is 27.1 Å². The molecule has 3 nitrogen and oxygen atoms in total. The number of benzene rings is 1. The second kappa shape index (κ2) is 6.07. The highest BCUT2D eigenvalue weighted by atomic mass is 35.5. The Bertz CT molecular complexity index is 546. The number of aryl methyl sites for hydroxylation is 1. The van der Waals surface area contributed by atoms with E-state index < -0.39 is 0 Å². The van der Waals surface area contributed by atoms with Crippen molar-refractivity contribution in [3.8, 4) is 0 Å². The van der Waals surface area contributed by atoms with E-state index in [2.05, 4.69) is 15.3 Å². The van der Waals surface area contributed by atoms with Gasteiger partial charge in [0, 0.05) is 28.2 Å².